The molecule has 3 N–H and O–H groups in total. The van der Waals surface area contributed by atoms with Gasteiger partial charge in [-0.15, -0.1) is 0 Å². The number of carbonyl (C=O) groups is 1. The molecule has 0 saturated heterocycles. The summed E-state index contributed by atoms with van der Waals surface area (Å²) in [6.07, 6.45) is -0.812. The van der Waals surface area contributed by atoms with Gasteiger partial charge in [0.25, 0.3) is 0 Å². The van der Waals surface area contributed by atoms with Gasteiger partial charge in [-0.3, -0.25) is 0 Å². The van der Waals surface area contributed by atoms with E-state index in [0.717, 1.165) is 0 Å². The van der Waals surface area contributed by atoms with Crippen LogP contribution in [-0.4, -0.2) is 37.6 Å². The molecule has 0 aromatic rings. The second kappa shape index (κ2) is 6.31. The fourth-order valence-corrected chi connectivity index (χ4v) is 0.368. The molecule has 0 aliphatic rings. The lowest BCUT2D eigenvalue weighted by atomic mass is 10.7. The molecule has 0 rings (SSSR count). The number of hydrogen-bond donors (Lipinski definition) is 2. The van der Waals surface area contributed by atoms with Gasteiger partial charge < -0.3 is 20.3 Å². The van der Waals surface area contributed by atoms with E-state index in [9.17, 15) is 4.79 Å². The monoisotopic (exact) mass is 149 g/mol. The first-order valence-electron chi connectivity index (χ1n) is 2.88. The van der Waals surface area contributed by atoms with E-state index < -0.39 is 6.09 Å². The molecule has 5 nitrogen and oxygen atoms in total. The van der Waals surface area contributed by atoms with E-state index >= 15 is 0 Å². The van der Waals surface area contributed by atoms with Crippen molar-refractivity contribution >= 4 is 6.09 Å². The Bertz CT molecular complexity index is 95.6. The minimum atomic E-state index is -0.812. The zero-order valence-corrected chi connectivity index (χ0v) is 5.58. The van der Waals surface area contributed by atoms with Crippen LogP contribution in [0.3, 0.4) is 0 Å². The summed E-state index contributed by atoms with van der Waals surface area (Å²) in [7, 11) is 0. The summed E-state index contributed by atoms with van der Waals surface area (Å²) in [4.78, 5) is 9.93. The fraction of sp³-hybridized carbons (Fsp3) is 0.800. The zero-order valence-electron chi connectivity index (χ0n) is 5.58. The minimum absolute atomic E-state index is 0.0312. The van der Waals surface area contributed by atoms with E-state index in [4.69, 9.17) is 9.84 Å². The van der Waals surface area contributed by atoms with Crippen LogP contribution < -0.4 is 5.73 Å². The highest BCUT2D eigenvalue weighted by Crippen LogP contribution is 1.76. The molecule has 0 aliphatic carbocycles. The van der Waals surface area contributed by atoms with Crippen LogP contribution in [0.2, 0.25) is 0 Å². The molecule has 0 heterocycles. The van der Waals surface area contributed by atoms with E-state index in [1.165, 1.54) is 0 Å². The number of ether oxygens (including phenoxy) is 2. The second-order valence-electron chi connectivity index (χ2n) is 1.50. The SMILES string of the molecule is NC(=O)OCCOCCO. The van der Waals surface area contributed by atoms with Crippen LogP contribution in [0, 0.1) is 0 Å². The van der Waals surface area contributed by atoms with Gasteiger partial charge in [-0.1, -0.05) is 0 Å². The number of nitrogens with two attached hydrogens (primary N) is 1. The van der Waals surface area contributed by atoms with Crippen LogP contribution in [0.1, 0.15) is 0 Å². The van der Waals surface area contributed by atoms with Gasteiger partial charge >= 0.3 is 6.09 Å². The van der Waals surface area contributed by atoms with Crippen molar-refractivity contribution in [3.63, 3.8) is 0 Å². The molecule has 0 fully saturated rings. The Kier molecular flexibility index (Phi) is 5.80. The molecule has 0 spiro atoms. The van der Waals surface area contributed by atoms with Crippen LogP contribution in [0.25, 0.3) is 0 Å². The number of primary amides is 1. The Morgan fingerprint density at radius 3 is 2.60 bits per heavy atom. The van der Waals surface area contributed by atoms with Crippen molar-refractivity contribution in [2.75, 3.05) is 26.4 Å². The lowest BCUT2D eigenvalue weighted by molar-refractivity contribution is 0.0561. The molecular weight excluding hydrogens is 138 g/mol. The Hall–Kier alpha value is -0.810. The molecule has 10 heavy (non-hydrogen) atoms. The maximum absolute atomic E-state index is 9.93. The van der Waals surface area contributed by atoms with Crippen molar-refractivity contribution in [3.8, 4) is 0 Å². The predicted molar refractivity (Wildman–Crippen MR) is 33.4 cm³/mol. The highest BCUT2D eigenvalue weighted by molar-refractivity contribution is 5.64. The molecule has 0 aromatic carbocycles. The summed E-state index contributed by atoms with van der Waals surface area (Å²) in [6, 6.07) is 0. The first-order chi connectivity index (χ1) is 4.77. The molecular formula is C5H11NO4. The van der Waals surface area contributed by atoms with Gasteiger partial charge in [0.2, 0.25) is 0 Å². The molecule has 60 valence electrons. The number of carbonyl (C=O) groups excluding carboxylic acids is 1. The van der Waals surface area contributed by atoms with Gasteiger partial charge in [0.05, 0.1) is 19.8 Å². The van der Waals surface area contributed by atoms with Gasteiger partial charge in [0.1, 0.15) is 6.61 Å². The third-order valence-corrected chi connectivity index (χ3v) is 0.708. The Labute approximate surface area is 58.7 Å². The molecule has 0 bridgehead atoms. The number of aliphatic hydroxyl groups is 1. The molecule has 0 unspecified atom stereocenters. The summed E-state index contributed by atoms with van der Waals surface area (Å²) in [5, 5.41) is 8.22. The maximum Gasteiger partial charge on any atom is 0.404 e. The lowest BCUT2D eigenvalue weighted by Gasteiger charge is -2.00. The van der Waals surface area contributed by atoms with Gasteiger partial charge in [-0.25, -0.2) is 4.79 Å². The van der Waals surface area contributed by atoms with Gasteiger partial charge in [-0.2, -0.15) is 0 Å². The van der Waals surface area contributed by atoms with Crippen molar-refractivity contribution in [3.05, 3.63) is 0 Å². The Balaban J connectivity index is 2.84. The average Bonchev–Trinajstić information content (AvgIpc) is 1.87. The van der Waals surface area contributed by atoms with Crippen molar-refractivity contribution in [1.82, 2.24) is 0 Å². The largest absolute Gasteiger partial charge is 0.447 e. The van der Waals surface area contributed by atoms with Gasteiger partial charge in [0, 0.05) is 0 Å². The van der Waals surface area contributed by atoms with E-state index in [2.05, 4.69) is 10.5 Å². The van der Waals surface area contributed by atoms with Crippen molar-refractivity contribution in [2.24, 2.45) is 5.73 Å². The predicted octanol–water partition coefficient (Wildman–Crippen LogP) is -0.909. The third-order valence-electron chi connectivity index (χ3n) is 0.708. The first-order valence-corrected chi connectivity index (χ1v) is 2.88. The summed E-state index contributed by atoms with van der Waals surface area (Å²) >= 11 is 0. The van der Waals surface area contributed by atoms with Crippen LogP contribution >= 0.6 is 0 Å². The molecule has 0 aliphatic heterocycles. The number of rotatable bonds is 5. The Morgan fingerprint density at radius 1 is 1.40 bits per heavy atom. The summed E-state index contributed by atoms with van der Waals surface area (Å²) in [5.41, 5.74) is 4.64. The Morgan fingerprint density at radius 2 is 2.10 bits per heavy atom. The van der Waals surface area contributed by atoms with E-state index in [1.807, 2.05) is 0 Å². The molecule has 0 saturated carbocycles. The van der Waals surface area contributed by atoms with Crippen LogP contribution in [-0.2, 0) is 9.47 Å². The maximum atomic E-state index is 9.93. The van der Waals surface area contributed by atoms with Crippen molar-refractivity contribution in [1.29, 1.82) is 0 Å². The van der Waals surface area contributed by atoms with E-state index in [1.54, 1.807) is 0 Å². The minimum Gasteiger partial charge on any atom is -0.447 e. The van der Waals surface area contributed by atoms with Crippen molar-refractivity contribution < 1.29 is 19.4 Å². The quantitative estimate of drug-likeness (QED) is 0.496. The number of hydrogen-bond acceptors (Lipinski definition) is 4. The third kappa shape index (κ3) is 7.19. The molecule has 5 heteroatoms. The molecule has 0 aromatic heterocycles. The van der Waals surface area contributed by atoms with Crippen LogP contribution in [0.4, 0.5) is 4.79 Å². The fourth-order valence-electron chi connectivity index (χ4n) is 0.368. The van der Waals surface area contributed by atoms with Crippen molar-refractivity contribution in [2.45, 2.75) is 0 Å². The summed E-state index contributed by atoms with van der Waals surface area (Å²) in [5.74, 6) is 0. The smallest absolute Gasteiger partial charge is 0.404 e. The second-order valence-corrected chi connectivity index (χ2v) is 1.50. The van der Waals surface area contributed by atoms with Crippen LogP contribution in [0.15, 0.2) is 0 Å². The van der Waals surface area contributed by atoms with Crippen LogP contribution in [0.5, 0.6) is 0 Å². The average molecular weight is 149 g/mol. The standard InChI is InChI=1S/C5H11NO4/c6-5(8)10-4-3-9-2-1-7/h7H,1-4H2,(H2,6,8). The molecule has 0 atom stereocenters. The highest BCUT2D eigenvalue weighted by Gasteiger charge is 1.91. The van der Waals surface area contributed by atoms with Gasteiger partial charge in [0.15, 0.2) is 0 Å². The van der Waals surface area contributed by atoms with E-state index in [-0.39, 0.29) is 26.4 Å². The summed E-state index contributed by atoms with van der Waals surface area (Å²) < 4.78 is 9.07. The first kappa shape index (κ1) is 9.19. The zero-order chi connectivity index (χ0) is 7.82. The molecule has 1 amide bonds. The van der Waals surface area contributed by atoms with E-state index in [0.29, 0.717) is 0 Å². The number of aliphatic hydroxyl groups excluding tert-OH is 1. The summed E-state index contributed by atoms with van der Waals surface area (Å²) in [6.45, 7) is 0.623. The van der Waals surface area contributed by atoms with Gasteiger partial charge in [-0.05, 0) is 0 Å². The lowest BCUT2D eigenvalue weighted by Crippen LogP contribution is -2.16. The highest BCUT2D eigenvalue weighted by atomic mass is 16.6. The molecule has 0 radical (unpaired) electrons. The topological polar surface area (TPSA) is 81.8 Å². The number of amides is 1. The normalized spacial score (nSPS) is 9.30.